The van der Waals surface area contributed by atoms with Gasteiger partial charge in [-0.3, -0.25) is 4.79 Å². The Morgan fingerprint density at radius 2 is 2.00 bits per heavy atom. The van der Waals surface area contributed by atoms with Gasteiger partial charge in [-0.25, -0.2) is 4.79 Å². The van der Waals surface area contributed by atoms with Crippen molar-refractivity contribution in [3.05, 3.63) is 34.9 Å². The monoisotopic (exact) mass is 395 g/mol. The van der Waals surface area contributed by atoms with Crippen molar-refractivity contribution in [1.29, 1.82) is 0 Å². The van der Waals surface area contributed by atoms with Crippen molar-refractivity contribution in [1.82, 2.24) is 4.90 Å². The Hall–Kier alpha value is -1.20. The smallest absolute Gasteiger partial charge is 0.329 e. The molecule has 1 saturated heterocycles. The van der Waals surface area contributed by atoms with Gasteiger partial charge in [0.15, 0.2) is 0 Å². The maximum absolute atomic E-state index is 13.2. The molecular weight excluding hydrogens is 370 g/mol. The molecule has 1 saturated carbocycles. The van der Waals surface area contributed by atoms with Crippen LogP contribution in [-0.2, 0) is 14.3 Å². The van der Waals surface area contributed by atoms with E-state index in [9.17, 15) is 9.59 Å². The second-order valence-corrected chi connectivity index (χ2v) is 8.49. The van der Waals surface area contributed by atoms with Gasteiger partial charge in [0.25, 0.3) is 0 Å². The van der Waals surface area contributed by atoms with Crippen LogP contribution in [0.25, 0.3) is 0 Å². The zero-order chi connectivity index (χ0) is 18.5. The number of unbranched alkanes of at least 4 members (excludes halogenated alkanes) is 1. The first-order chi connectivity index (χ1) is 12.6. The number of thioether (sulfide) groups is 1. The SMILES string of the molecule is CCCCOC(=O)[C@H]1CS[C@@H](c2ccccc2Cl)N1C(=O)C1CCCC1. The highest BCUT2D eigenvalue weighted by Gasteiger charge is 2.45. The number of amides is 1. The minimum absolute atomic E-state index is 0.0182. The topological polar surface area (TPSA) is 46.6 Å². The van der Waals surface area contributed by atoms with E-state index in [0.29, 0.717) is 17.4 Å². The second-order valence-electron chi connectivity index (χ2n) is 6.97. The molecule has 0 radical (unpaired) electrons. The Morgan fingerprint density at radius 3 is 2.69 bits per heavy atom. The normalized spacial score (nSPS) is 23.4. The molecule has 1 aliphatic carbocycles. The number of ether oxygens (including phenoxy) is 1. The lowest BCUT2D eigenvalue weighted by Gasteiger charge is -2.31. The summed E-state index contributed by atoms with van der Waals surface area (Å²) in [5, 5.41) is 0.412. The van der Waals surface area contributed by atoms with Crippen LogP contribution in [0.1, 0.15) is 56.4 Å². The van der Waals surface area contributed by atoms with E-state index in [0.717, 1.165) is 44.1 Å². The van der Waals surface area contributed by atoms with E-state index >= 15 is 0 Å². The lowest BCUT2D eigenvalue weighted by Crippen LogP contribution is -2.46. The Bertz CT molecular complexity index is 648. The predicted octanol–water partition coefficient (Wildman–Crippen LogP) is 4.82. The van der Waals surface area contributed by atoms with Crippen molar-refractivity contribution in [2.75, 3.05) is 12.4 Å². The maximum atomic E-state index is 13.2. The van der Waals surface area contributed by atoms with E-state index in [-0.39, 0.29) is 23.2 Å². The molecule has 1 amide bonds. The van der Waals surface area contributed by atoms with Gasteiger partial charge in [-0.05, 0) is 25.3 Å². The number of esters is 1. The molecule has 0 bridgehead atoms. The fourth-order valence-electron chi connectivity index (χ4n) is 3.67. The molecule has 6 heteroatoms. The van der Waals surface area contributed by atoms with Crippen LogP contribution in [0.5, 0.6) is 0 Å². The van der Waals surface area contributed by atoms with Gasteiger partial charge in [-0.2, -0.15) is 0 Å². The van der Waals surface area contributed by atoms with Crippen molar-refractivity contribution >= 4 is 35.2 Å². The third-order valence-electron chi connectivity index (χ3n) is 5.14. The predicted molar refractivity (Wildman–Crippen MR) is 105 cm³/mol. The van der Waals surface area contributed by atoms with E-state index in [4.69, 9.17) is 16.3 Å². The number of hydrogen-bond acceptors (Lipinski definition) is 4. The van der Waals surface area contributed by atoms with E-state index in [1.54, 1.807) is 16.7 Å². The number of carbonyl (C=O) groups is 2. The highest BCUT2D eigenvalue weighted by Crippen LogP contribution is 2.45. The summed E-state index contributed by atoms with van der Waals surface area (Å²) in [5.41, 5.74) is 0.898. The lowest BCUT2D eigenvalue weighted by atomic mass is 10.0. The van der Waals surface area contributed by atoms with Crippen molar-refractivity contribution < 1.29 is 14.3 Å². The molecular formula is C20H26ClNO3S. The number of carbonyl (C=O) groups excluding carboxylic acids is 2. The summed E-state index contributed by atoms with van der Waals surface area (Å²) in [6.07, 6.45) is 5.80. The molecule has 3 rings (SSSR count). The van der Waals surface area contributed by atoms with Crippen LogP contribution in [-0.4, -0.2) is 35.2 Å². The van der Waals surface area contributed by atoms with Crippen molar-refractivity contribution in [3.8, 4) is 0 Å². The summed E-state index contributed by atoms with van der Waals surface area (Å²) in [4.78, 5) is 27.7. The van der Waals surface area contributed by atoms with Crippen molar-refractivity contribution in [2.24, 2.45) is 5.92 Å². The summed E-state index contributed by atoms with van der Waals surface area (Å²) in [6.45, 7) is 2.47. The molecule has 2 aliphatic rings. The van der Waals surface area contributed by atoms with Gasteiger partial charge < -0.3 is 9.64 Å². The number of halogens is 1. The summed E-state index contributed by atoms with van der Waals surface area (Å²) < 4.78 is 5.44. The average molecular weight is 396 g/mol. The maximum Gasteiger partial charge on any atom is 0.329 e. The van der Waals surface area contributed by atoms with E-state index in [2.05, 4.69) is 6.92 Å². The van der Waals surface area contributed by atoms with Gasteiger partial charge >= 0.3 is 5.97 Å². The third kappa shape index (κ3) is 4.20. The number of benzene rings is 1. The Kier molecular flexibility index (Phi) is 6.87. The summed E-state index contributed by atoms with van der Waals surface area (Å²) in [5.74, 6) is 0.366. The first kappa shape index (κ1) is 19.6. The zero-order valence-corrected chi connectivity index (χ0v) is 16.7. The molecule has 0 N–H and O–H groups in total. The zero-order valence-electron chi connectivity index (χ0n) is 15.2. The minimum Gasteiger partial charge on any atom is -0.464 e. The van der Waals surface area contributed by atoms with Crippen LogP contribution in [0.4, 0.5) is 0 Å². The fourth-order valence-corrected chi connectivity index (χ4v) is 5.43. The van der Waals surface area contributed by atoms with Gasteiger partial charge in [-0.15, -0.1) is 11.8 Å². The molecule has 0 spiro atoms. The summed E-state index contributed by atoms with van der Waals surface area (Å²) in [7, 11) is 0. The third-order valence-corrected chi connectivity index (χ3v) is 6.79. The van der Waals surface area contributed by atoms with Crippen LogP contribution in [0.15, 0.2) is 24.3 Å². The van der Waals surface area contributed by atoms with Gasteiger partial charge in [-0.1, -0.05) is 56.0 Å². The Balaban J connectivity index is 1.83. The van der Waals surface area contributed by atoms with Crippen molar-refractivity contribution in [2.45, 2.75) is 56.9 Å². The molecule has 1 aromatic rings. The highest BCUT2D eigenvalue weighted by molar-refractivity contribution is 7.99. The summed E-state index contributed by atoms with van der Waals surface area (Å²) >= 11 is 8.00. The number of rotatable bonds is 6. The van der Waals surface area contributed by atoms with Crippen molar-refractivity contribution in [3.63, 3.8) is 0 Å². The van der Waals surface area contributed by atoms with E-state index in [1.807, 2.05) is 24.3 Å². The van der Waals surface area contributed by atoms with Crippen LogP contribution in [0, 0.1) is 5.92 Å². The fraction of sp³-hybridized carbons (Fsp3) is 0.600. The molecule has 0 aromatic heterocycles. The lowest BCUT2D eigenvalue weighted by molar-refractivity contribution is -0.155. The quantitative estimate of drug-likeness (QED) is 0.512. The molecule has 2 atom stereocenters. The van der Waals surface area contributed by atoms with Crippen LogP contribution >= 0.6 is 23.4 Å². The molecule has 0 unspecified atom stereocenters. The number of nitrogens with zero attached hydrogens (tertiary/aromatic N) is 1. The van der Waals surface area contributed by atoms with Crippen LogP contribution in [0.2, 0.25) is 5.02 Å². The first-order valence-corrected chi connectivity index (χ1v) is 10.9. The van der Waals surface area contributed by atoms with Gasteiger partial charge in [0.2, 0.25) is 5.91 Å². The molecule has 4 nitrogen and oxygen atoms in total. The molecule has 2 fully saturated rings. The second kappa shape index (κ2) is 9.14. The highest BCUT2D eigenvalue weighted by atomic mass is 35.5. The van der Waals surface area contributed by atoms with Gasteiger partial charge in [0, 0.05) is 22.3 Å². The first-order valence-electron chi connectivity index (χ1n) is 9.48. The molecule has 26 heavy (non-hydrogen) atoms. The average Bonchev–Trinajstić information content (AvgIpc) is 3.32. The molecule has 1 heterocycles. The standard InChI is InChI=1S/C20H26ClNO3S/c1-2-3-12-25-20(24)17-13-26-19(15-10-6-7-11-16(15)21)22(17)18(23)14-8-4-5-9-14/h6-7,10-11,14,17,19H,2-5,8-9,12-13H2,1H3/t17-,19+/m1/s1. The Labute approximate surface area is 164 Å². The van der Waals surface area contributed by atoms with Gasteiger partial charge in [0.1, 0.15) is 11.4 Å². The molecule has 1 aliphatic heterocycles. The number of hydrogen-bond donors (Lipinski definition) is 0. The molecule has 1 aromatic carbocycles. The van der Waals surface area contributed by atoms with Gasteiger partial charge in [0.05, 0.1) is 6.61 Å². The summed E-state index contributed by atoms with van der Waals surface area (Å²) in [6, 6.07) is 7.06. The molecule has 142 valence electrons. The van der Waals surface area contributed by atoms with E-state index in [1.165, 1.54) is 0 Å². The largest absolute Gasteiger partial charge is 0.464 e. The van der Waals surface area contributed by atoms with Crippen LogP contribution in [0.3, 0.4) is 0 Å². The van der Waals surface area contributed by atoms with Crippen LogP contribution < -0.4 is 0 Å². The minimum atomic E-state index is -0.522. The van der Waals surface area contributed by atoms with E-state index < -0.39 is 6.04 Å². The Morgan fingerprint density at radius 1 is 1.27 bits per heavy atom.